The summed E-state index contributed by atoms with van der Waals surface area (Å²) in [6, 6.07) is 12.1. The number of furan rings is 1. The second-order valence-electron chi connectivity index (χ2n) is 7.23. The summed E-state index contributed by atoms with van der Waals surface area (Å²) in [5.41, 5.74) is 2.75. The number of ether oxygens (including phenoxy) is 1. The molecule has 0 saturated carbocycles. The van der Waals surface area contributed by atoms with E-state index in [9.17, 15) is 0 Å². The Hall–Kier alpha value is -3.39. The van der Waals surface area contributed by atoms with Gasteiger partial charge in [0.1, 0.15) is 17.2 Å². The fourth-order valence-electron chi connectivity index (χ4n) is 3.48. The van der Waals surface area contributed by atoms with Crippen molar-refractivity contribution in [3.63, 3.8) is 0 Å². The van der Waals surface area contributed by atoms with Crippen LogP contribution in [0.4, 0.5) is 17.5 Å². The van der Waals surface area contributed by atoms with Crippen molar-refractivity contribution in [1.82, 2.24) is 20.2 Å². The number of rotatable bonds is 5. The van der Waals surface area contributed by atoms with Gasteiger partial charge in [-0.1, -0.05) is 0 Å². The van der Waals surface area contributed by atoms with E-state index in [-0.39, 0.29) is 0 Å². The first kappa shape index (κ1) is 17.7. The van der Waals surface area contributed by atoms with Crippen molar-refractivity contribution in [2.45, 2.75) is 25.8 Å². The Morgan fingerprint density at radius 2 is 1.86 bits per heavy atom. The zero-order chi connectivity index (χ0) is 19.6. The monoisotopic (exact) mass is 390 g/mol. The predicted octanol–water partition coefficient (Wildman–Crippen LogP) is 4.26. The molecule has 0 aliphatic carbocycles. The molecule has 0 unspecified atom stereocenters. The number of benzene rings is 1. The van der Waals surface area contributed by atoms with E-state index >= 15 is 0 Å². The largest absolute Gasteiger partial charge is 0.464 e. The van der Waals surface area contributed by atoms with Crippen LogP contribution in [0.5, 0.6) is 0 Å². The Morgan fingerprint density at radius 1 is 1.00 bits per heavy atom. The van der Waals surface area contributed by atoms with Crippen LogP contribution in [0.2, 0.25) is 0 Å². The zero-order valence-corrected chi connectivity index (χ0v) is 16.1. The summed E-state index contributed by atoms with van der Waals surface area (Å²) in [5, 5.41) is 15.0. The number of nitrogens with one attached hydrogen (secondary N) is 3. The number of H-pyrrole nitrogens is 1. The number of nitrogens with zero attached hydrogens (tertiary/aromatic N) is 3. The van der Waals surface area contributed by atoms with Crippen molar-refractivity contribution in [3.05, 3.63) is 48.4 Å². The van der Waals surface area contributed by atoms with Crippen molar-refractivity contribution < 1.29 is 9.15 Å². The Kier molecular flexibility index (Phi) is 4.61. The molecule has 1 aliphatic rings. The number of aryl methyl sites for hydroxylation is 1. The molecule has 1 aromatic carbocycles. The molecular weight excluding hydrogens is 368 g/mol. The summed E-state index contributed by atoms with van der Waals surface area (Å²) in [5.74, 6) is 2.82. The molecule has 1 aliphatic heterocycles. The van der Waals surface area contributed by atoms with E-state index in [0.29, 0.717) is 17.7 Å². The molecule has 0 atom stereocenters. The Bertz CT molecular complexity index is 1130. The number of anilines is 3. The fraction of sp³-hybridized carbons (Fsp3) is 0.286. The maximum Gasteiger partial charge on any atom is 0.163 e. The van der Waals surface area contributed by atoms with E-state index in [2.05, 4.69) is 20.8 Å². The summed E-state index contributed by atoms with van der Waals surface area (Å²) in [6.07, 6.45) is 3.61. The fourth-order valence-corrected chi connectivity index (χ4v) is 3.48. The van der Waals surface area contributed by atoms with Crippen molar-refractivity contribution in [3.8, 4) is 11.4 Å². The van der Waals surface area contributed by atoms with E-state index < -0.39 is 0 Å². The molecule has 3 N–H and O–H groups in total. The molecule has 1 fully saturated rings. The smallest absolute Gasteiger partial charge is 0.163 e. The molecule has 1 saturated heterocycles. The Labute approximate surface area is 167 Å². The maximum atomic E-state index is 5.46. The molecule has 0 radical (unpaired) electrons. The molecule has 29 heavy (non-hydrogen) atoms. The van der Waals surface area contributed by atoms with Crippen LogP contribution in [0.1, 0.15) is 18.5 Å². The van der Waals surface area contributed by atoms with Gasteiger partial charge in [0.2, 0.25) is 0 Å². The highest BCUT2D eigenvalue weighted by atomic mass is 16.5. The molecule has 0 spiro atoms. The molecular formula is C21H22N6O2. The third-order valence-electron chi connectivity index (χ3n) is 4.97. The minimum atomic E-state index is 0.336. The predicted molar refractivity (Wildman–Crippen MR) is 111 cm³/mol. The molecule has 5 rings (SSSR count). The van der Waals surface area contributed by atoms with Gasteiger partial charge in [0, 0.05) is 48.0 Å². The van der Waals surface area contributed by atoms with Gasteiger partial charge in [-0.15, -0.1) is 0 Å². The standard InChI is InChI=1S/C21H22N6O2/c1-13-10-20(27-26-13)23-19-12-18(22-16-5-7-28-8-6-16)24-21(25-19)15-2-3-17-14(11-15)4-9-29-17/h2-4,9-12,16H,5-8H2,1H3,(H3,22,23,24,25,26,27). The van der Waals surface area contributed by atoms with Crippen LogP contribution in [0.15, 0.2) is 47.1 Å². The van der Waals surface area contributed by atoms with E-state index in [0.717, 1.165) is 59.9 Å². The summed E-state index contributed by atoms with van der Waals surface area (Å²) in [4.78, 5) is 9.49. The van der Waals surface area contributed by atoms with Gasteiger partial charge < -0.3 is 19.8 Å². The maximum absolute atomic E-state index is 5.46. The van der Waals surface area contributed by atoms with Gasteiger partial charge in [-0.05, 0) is 44.0 Å². The highest BCUT2D eigenvalue weighted by molar-refractivity contribution is 5.82. The lowest BCUT2D eigenvalue weighted by molar-refractivity contribution is 0.0904. The molecule has 0 bridgehead atoms. The summed E-state index contributed by atoms with van der Waals surface area (Å²) < 4.78 is 10.9. The Morgan fingerprint density at radius 3 is 2.69 bits per heavy atom. The lowest BCUT2D eigenvalue weighted by atomic mass is 10.1. The van der Waals surface area contributed by atoms with Gasteiger partial charge in [0.05, 0.1) is 6.26 Å². The quantitative estimate of drug-likeness (QED) is 0.468. The van der Waals surface area contributed by atoms with Gasteiger partial charge >= 0.3 is 0 Å². The minimum absolute atomic E-state index is 0.336. The van der Waals surface area contributed by atoms with Crippen LogP contribution in [0, 0.1) is 6.92 Å². The van der Waals surface area contributed by atoms with Crippen molar-refractivity contribution in [2.75, 3.05) is 23.8 Å². The first-order chi connectivity index (χ1) is 14.2. The number of aromatic nitrogens is 4. The highest BCUT2D eigenvalue weighted by Gasteiger charge is 2.16. The van der Waals surface area contributed by atoms with Gasteiger partial charge in [0.25, 0.3) is 0 Å². The van der Waals surface area contributed by atoms with Crippen molar-refractivity contribution in [1.29, 1.82) is 0 Å². The van der Waals surface area contributed by atoms with Crippen LogP contribution >= 0.6 is 0 Å². The SMILES string of the molecule is Cc1cc(Nc2cc(NC3CCOCC3)nc(-c3ccc4occc4c3)n2)n[nH]1. The summed E-state index contributed by atoms with van der Waals surface area (Å²) in [6.45, 7) is 3.50. The second-order valence-corrected chi connectivity index (χ2v) is 7.23. The molecule has 148 valence electrons. The number of hydrogen-bond donors (Lipinski definition) is 3. The number of hydrogen-bond acceptors (Lipinski definition) is 7. The van der Waals surface area contributed by atoms with Crippen LogP contribution in [-0.4, -0.2) is 39.4 Å². The van der Waals surface area contributed by atoms with E-state index in [1.165, 1.54) is 0 Å². The highest BCUT2D eigenvalue weighted by Crippen LogP contribution is 2.27. The van der Waals surface area contributed by atoms with Crippen molar-refractivity contribution in [2.24, 2.45) is 0 Å². The Balaban J connectivity index is 1.50. The van der Waals surface area contributed by atoms with Gasteiger partial charge in [0.15, 0.2) is 11.6 Å². The number of fused-ring (bicyclic) bond motifs is 1. The third kappa shape index (κ3) is 3.93. The second kappa shape index (κ2) is 7.56. The third-order valence-corrected chi connectivity index (χ3v) is 4.97. The molecule has 0 amide bonds. The molecule has 8 nitrogen and oxygen atoms in total. The molecule has 8 heteroatoms. The molecule has 4 aromatic rings. The van der Waals surface area contributed by atoms with E-state index in [1.54, 1.807) is 6.26 Å². The van der Waals surface area contributed by atoms with Crippen molar-refractivity contribution >= 4 is 28.4 Å². The minimum Gasteiger partial charge on any atom is -0.464 e. The first-order valence-corrected chi connectivity index (χ1v) is 9.73. The van der Waals surface area contributed by atoms with Crippen LogP contribution in [0.25, 0.3) is 22.4 Å². The van der Waals surface area contributed by atoms with Gasteiger partial charge in [-0.2, -0.15) is 5.10 Å². The van der Waals surface area contributed by atoms with E-state index in [1.807, 2.05) is 43.3 Å². The number of aromatic amines is 1. The first-order valence-electron chi connectivity index (χ1n) is 9.73. The zero-order valence-electron chi connectivity index (χ0n) is 16.1. The molecule has 3 aromatic heterocycles. The van der Waals surface area contributed by atoms with Crippen LogP contribution in [0.3, 0.4) is 0 Å². The normalized spacial score (nSPS) is 14.9. The summed E-state index contributed by atoms with van der Waals surface area (Å²) >= 11 is 0. The van der Waals surface area contributed by atoms with Gasteiger partial charge in [-0.25, -0.2) is 9.97 Å². The van der Waals surface area contributed by atoms with Gasteiger partial charge in [-0.3, -0.25) is 5.10 Å². The topological polar surface area (TPSA) is 101 Å². The summed E-state index contributed by atoms with van der Waals surface area (Å²) in [7, 11) is 0. The average Bonchev–Trinajstić information content (AvgIpc) is 3.36. The lowest BCUT2D eigenvalue weighted by Gasteiger charge is -2.24. The lowest BCUT2D eigenvalue weighted by Crippen LogP contribution is -2.28. The average molecular weight is 390 g/mol. The van der Waals surface area contributed by atoms with E-state index in [4.69, 9.17) is 19.1 Å². The van der Waals surface area contributed by atoms with Crippen LogP contribution in [-0.2, 0) is 4.74 Å². The van der Waals surface area contributed by atoms with Crippen LogP contribution < -0.4 is 10.6 Å². The molecule has 4 heterocycles.